The van der Waals surface area contributed by atoms with Gasteiger partial charge in [0.05, 0.1) is 0 Å². The van der Waals surface area contributed by atoms with Gasteiger partial charge in [-0.1, -0.05) is 24.3 Å². The summed E-state index contributed by atoms with van der Waals surface area (Å²) >= 11 is 0. The number of benzene rings is 1. The van der Waals surface area contributed by atoms with E-state index in [2.05, 4.69) is 11.1 Å². The maximum absolute atomic E-state index is 11.6. The molecule has 1 aromatic carbocycles. The summed E-state index contributed by atoms with van der Waals surface area (Å²) in [7, 11) is 0. The van der Waals surface area contributed by atoms with Crippen LogP contribution < -0.4 is 0 Å². The van der Waals surface area contributed by atoms with Crippen molar-refractivity contribution in [1.82, 2.24) is 9.88 Å². The Morgan fingerprint density at radius 1 is 1.33 bits per heavy atom. The van der Waals surface area contributed by atoms with Gasteiger partial charge in [0.15, 0.2) is 0 Å². The predicted octanol–water partition coefficient (Wildman–Crippen LogP) is 2.40. The second-order valence-corrected chi connectivity index (χ2v) is 5.53. The van der Waals surface area contributed by atoms with Crippen molar-refractivity contribution in [1.29, 1.82) is 0 Å². The molecule has 0 amide bonds. The third-order valence-electron chi connectivity index (χ3n) is 4.15. The maximum atomic E-state index is 11.6. The van der Waals surface area contributed by atoms with Gasteiger partial charge >= 0.3 is 5.97 Å². The van der Waals surface area contributed by atoms with Crippen LogP contribution in [-0.2, 0) is 24.3 Å². The number of hydrogen-bond donors (Lipinski definition) is 1. The van der Waals surface area contributed by atoms with E-state index in [1.165, 1.54) is 5.56 Å². The lowest BCUT2D eigenvalue weighted by Gasteiger charge is -2.34. The van der Waals surface area contributed by atoms with Crippen LogP contribution in [0.1, 0.15) is 22.3 Å². The van der Waals surface area contributed by atoms with E-state index in [-0.39, 0.29) is 0 Å². The zero-order chi connectivity index (χ0) is 14.8. The Morgan fingerprint density at radius 2 is 2.10 bits per heavy atom. The number of nitrogens with zero attached hydrogens (tertiary/aromatic N) is 2. The van der Waals surface area contributed by atoms with Gasteiger partial charge in [0.1, 0.15) is 6.04 Å². The molecule has 3 rings (SSSR count). The first-order valence-electron chi connectivity index (χ1n) is 7.08. The Balaban J connectivity index is 1.89. The average Bonchev–Trinajstić information content (AvgIpc) is 2.48. The molecule has 0 spiro atoms. The second kappa shape index (κ2) is 5.66. The lowest BCUT2D eigenvalue weighted by atomic mass is 9.93. The first kappa shape index (κ1) is 13.8. The largest absolute Gasteiger partial charge is 0.480 e. The minimum atomic E-state index is -0.758. The van der Waals surface area contributed by atoms with Gasteiger partial charge in [-0.25, -0.2) is 0 Å². The highest BCUT2D eigenvalue weighted by atomic mass is 16.4. The summed E-state index contributed by atoms with van der Waals surface area (Å²) in [5, 5.41) is 9.52. The lowest BCUT2D eigenvalue weighted by molar-refractivity contribution is -0.144. The molecule has 0 saturated heterocycles. The lowest BCUT2D eigenvalue weighted by Crippen LogP contribution is -2.45. The molecule has 0 fully saturated rings. The van der Waals surface area contributed by atoms with Crippen LogP contribution in [0.3, 0.4) is 0 Å². The minimum absolute atomic E-state index is 0.473. The van der Waals surface area contributed by atoms with E-state index in [1.807, 2.05) is 42.3 Å². The van der Waals surface area contributed by atoms with Crippen molar-refractivity contribution in [2.75, 3.05) is 0 Å². The number of aliphatic carboxylic acids is 1. The molecule has 0 bridgehead atoms. The number of fused-ring (bicyclic) bond motifs is 1. The molecule has 4 nitrogen and oxygen atoms in total. The number of carbonyl (C=O) groups is 1. The Kier molecular flexibility index (Phi) is 3.71. The fourth-order valence-corrected chi connectivity index (χ4v) is 2.87. The standard InChI is InChI=1S/C17H18N2O2/c1-12-6-7-18-9-15(12)11-19-10-14-5-3-2-4-13(14)8-16(19)17(20)21/h2-7,9,16H,8,10-11H2,1H3,(H,20,21). The van der Waals surface area contributed by atoms with Gasteiger partial charge in [-0.05, 0) is 41.7 Å². The summed E-state index contributed by atoms with van der Waals surface area (Å²) in [6, 6.07) is 9.57. The Bertz CT molecular complexity index is 669. The minimum Gasteiger partial charge on any atom is -0.480 e. The molecule has 108 valence electrons. The van der Waals surface area contributed by atoms with E-state index in [1.54, 1.807) is 6.20 Å². The molecule has 4 heteroatoms. The third-order valence-corrected chi connectivity index (χ3v) is 4.15. The quantitative estimate of drug-likeness (QED) is 0.939. The molecular formula is C17H18N2O2. The van der Waals surface area contributed by atoms with Gasteiger partial charge < -0.3 is 5.11 Å². The number of carboxylic acids is 1. The Hall–Kier alpha value is -2.20. The first-order valence-corrected chi connectivity index (χ1v) is 7.08. The van der Waals surface area contributed by atoms with Crippen LogP contribution in [0.15, 0.2) is 42.7 Å². The predicted molar refractivity (Wildman–Crippen MR) is 79.8 cm³/mol. The van der Waals surface area contributed by atoms with Gasteiger partial charge in [0.25, 0.3) is 0 Å². The monoisotopic (exact) mass is 282 g/mol. The summed E-state index contributed by atoms with van der Waals surface area (Å²) in [6.45, 7) is 3.32. The van der Waals surface area contributed by atoms with Gasteiger partial charge in [0.2, 0.25) is 0 Å². The molecule has 1 atom stereocenters. The molecule has 21 heavy (non-hydrogen) atoms. The average molecular weight is 282 g/mol. The molecule has 1 aliphatic heterocycles. The summed E-state index contributed by atoms with van der Waals surface area (Å²) in [6.07, 6.45) is 4.15. The van der Waals surface area contributed by atoms with Gasteiger partial charge in [-0.3, -0.25) is 14.7 Å². The zero-order valence-electron chi connectivity index (χ0n) is 12.0. The van der Waals surface area contributed by atoms with E-state index < -0.39 is 12.0 Å². The van der Waals surface area contributed by atoms with Crippen molar-refractivity contribution in [3.05, 3.63) is 65.0 Å². The maximum Gasteiger partial charge on any atom is 0.321 e. The molecular weight excluding hydrogens is 264 g/mol. The Labute approximate surface area is 124 Å². The van der Waals surface area contributed by atoms with E-state index >= 15 is 0 Å². The highest BCUT2D eigenvalue weighted by molar-refractivity contribution is 5.74. The van der Waals surface area contributed by atoms with Crippen molar-refractivity contribution in [2.45, 2.75) is 32.5 Å². The second-order valence-electron chi connectivity index (χ2n) is 5.53. The molecule has 1 unspecified atom stereocenters. The van der Waals surface area contributed by atoms with E-state index in [0.29, 0.717) is 19.5 Å². The summed E-state index contributed by atoms with van der Waals surface area (Å²) < 4.78 is 0. The molecule has 1 aliphatic rings. The molecule has 0 saturated carbocycles. The normalized spacial score (nSPS) is 18.2. The topological polar surface area (TPSA) is 53.4 Å². The molecule has 0 radical (unpaired) electrons. The van der Waals surface area contributed by atoms with Crippen LogP contribution in [0.4, 0.5) is 0 Å². The molecule has 2 aromatic rings. The smallest absolute Gasteiger partial charge is 0.321 e. The van der Waals surface area contributed by atoms with Crippen molar-refractivity contribution < 1.29 is 9.90 Å². The molecule has 1 aromatic heterocycles. The van der Waals surface area contributed by atoms with Crippen LogP contribution in [0.25, 0.3) is 0 Å². The summed E-state index contributed by atoms with van der Waals surface area (Å²) in [5.74, 6) is -0.758. The van der Waals surface area contributed by atoms with Crippen molar-refractivity contribution >= 4 is 5.97 Å². The number of aryl methyl sites for hydroxylation is 1. The van der Waals surface area contributed by atoms with Crippen molar-refractivity contribution in [2.24, 2.45) is 0 Å². The summed E-state index contributed by atoms with van der Waals surface area (Å²) in [4.78, 5) is 17.8. The van der Waals surface area contributed by atoms with Crippen LogP contribution in [0, 0.1) is 6.92 Å². The van der Waals surface area contributed by atoms with E-state index in [0.717, 1.165) is 16.7 Å². The van der Waals surface area contributed by atoms with Crippen LogP contribution in [0.2, 0.25) is 0 Å². The van der Waals surface area contributed by atoms with E-state index in [9.17, 15) is 9.90 Å². The van der Waals surface area contributed by atoms with Gasteiger partial charge in [0, 0.05) is 25.5 Å². The number of pyridine rings is 1. The van der Waals surface area contributed by atoms with Crippen LogP contribution in [0.5, 0.6) is 0 Å². The van der Waals surface area contributed by atoms with E-state index in [4.69, 9.17) is 0 Å². The zero-order valence-corrected chi connectivity index (χ0v) is 12.0. The highest BCUT2D eigenvalue weighted by Gasteiger charge is 2.31. The molecule has 1 N–H and O–H groups in total. The number of aromatic nitrogens is 1. The Morgan fingerprint density at radius 3 is 2.81 bits per heavy atom. The number of rotatable bonds is 3. The fourth-order valence-electron chi connectivity index (χ4n) is 2.87. The molecule has 0 aliphatic carbocycles. The van der Waals surface area contributed by atoms with Gasteiger partial charge in [-0.2, -0.15) is 0 Å². The van der Waals surface area contributed by atoms with Gasteiger partial charge in [-0.15, -0.1) is 0 Å². The first-order chi connectivity index (χ1) is 10.1. The fraction of sp³-hybridized carbons (Fsp3) is 0.294. The highest BCUT2D eigenvalue weighted by Crippen LogP contribution is 2.25. The molecule has 2 heterocycles. The van der Waals surface area contributed by atoms with Crippen LogP contribution in [-0.4, -0.2) is 27.0 Å². The van der Waals surface area contributed by atoms with Crippen molar-refractivity contribution in [3.63, 3.8) is 0 Å². The number of carboxylic acid groups (broad SMARTS) is 1. The summed E-state index contributed by atoms with van der Waals surface area (Å²) in [5.41, 5.74) is 4.59. The SMILES string of the molecule is Cc1ccncc1CN1Cc2ccccc2CC1C(=O)O. The third kappa shape index (κ3) is 2.81. The van der Waals surface area contributed by atoms with Crippen LogP contribution >= 0.6 is 0 Å². The van der Waals surface area contributed by atoms with Crippen molar-refractivity contribution in [3.8, 4) is 0 Å². The number of hydrogen-bond acceptors (Lipinski definition) is 3.